The molecule has 148 valence electrons. The maximum atomic E-state index is 11.8. The van der Waals surface area contributed by atoms with E-state index >= 15 is 0 Å². The Morgan fingerprint density at radius 3 is 2.50 bits per heavy atom. The number of aromatic nitrogens is 2. The Balaban J connectivity index is 1.65. The number of nitrogens with zero attached hydrogens (tertiary/aromatic N) is 2. The average Bonchev–Trinajstić information content (AvgIpc) is 3.17. The summed E-state index contributed by atoms with van der Waals surface area (Å²) in [6.45, 7) is 0. The normalized spacial score (nSPS) is 15.3. The molecule has 0 radical (unpaired) electrons. The quantitative estimate of drug-likeness (QED) is 0.402. The topological polar surface area (TPSA) is 56.1 Å². The number of hydrogen-bond acceptors (Lipinski definition) is 4. The van der Waals surface area contributed by atoms with Crippen LogP contribution in [-0.2, 0) is 4.74 Å². The van der Waals surface area contributed by atoms with E-state index in [1.54, 1.807) is 12.1 Å². The van der Waals surface area contributed by atoms with Crippen LogP contribution in [0.15, 0.2) is 83.3 Å². The molecule has 1 aliphatic heterocycles. The van der Waals surface area contributed by atoms with Gasteiger partial charge in [-0.1, -0.05) is 52.3 Å². The monoisotopic (exact) mass is 459 g/mol. The van der Waals surface area contributed by atoms with Crippen LogP contribution >= 0.6 is 15.9 Å². The number of imidazole rings is 1. The second-order valence-electron chi connectivity index (χ2n) is 7.06. The van der Waals surface area contributed by atoms with Crippen LogP contribution < -0.4 is 5.32 Å². The number of rotatable bonds is 3. The minimum absolute atomic E-state index is 0.0704. The fourth-order valence-electron chi connectivity index (χ4n) is 3.79. The van der Waals surface area contributed by atoms with Gasteiger partial charge in [0.15, 0.2) is 0 Å². The van der Waals surface area contributed by atoms with Crippen LogP contribution in [0, 0.1) is 0 Å². The second kappa shape index (κ2) is 7.46. The average molecular weight is 460 g/mol. The minimum Gasteiger partial charge on any atom is -0.465 e. The van der Waals surface area contributed by atoms with Crippen molar-refractivity contribution in [1.29, 1.82) is 0 Å². The number of halogens is 1. The van der Waals surface area contributed by atoms with Gasteiger partial charge in [-0.15, -0.1) is 0 Å². The van der Waals surface area contributed by atoms with E-state index in [-0.39, 0.29) is 12.0 Å². The molecule has 0 amide bonds. The molecule has 4 aromatic rings. The predicted octanol–water partition coefficient (Wildman–Crippen LogP) is 5.64. The third-order valence-electron chi connectivity index (χ3n) is 5.27. The van der Waals surface area contributed by atoms with Gasteiger partial charge in [-0.25, -0.2) is 9.78 Å². The van der Waals surface area contributed by atoms with Gasteiger partial charge in [0.1, 0.15) is 0 Å². The highest BCUT2D eigenvalue weighted by Crippen LogP contribution is 2.37. The zero-order valence-corrected chi connectivity index (χ0v) is 17.8. The number of carbonyl (C=O) groups excluding carboxylic acids is 1. The molecule has 5 rings (SSSR count). The summed E-state index contributed by atoms with van der Waals surface area (Å²) < 4.78 is 8.05. The number of ether oxygens (including phenoxy) is 1. The van der Waals surface area contributed by atoms with Crippen LogP contribution in [0.1, 0.15) is 27.5 Å². The summed E-state index contributed by atoms with van der Waals surface area (Å²) in [5.41, 5.74) is 5.64. The molecule has 6 heteroatoms. The van der Waals surface area contributed by atoms with Gasteiger partial charge in [-0.05, 0) is 53.6 Å². The van der Waals surface area contributed by atoms with Gasteiger partial charge in [-0.2, -0.15) is 0 Å². The van der Waals surface area contributed by atoms with Crippen LogP contribution in [0.2, 0.25) is 0 Å². The van der Waals surface area contributed by atoms with Gasteiger partial charge >= 0.3 is 5.97 Å². The van der Waals surface area contributed by atoms with Gasteiger partial charge in [0.2, 0.25) is 5.95 Å². The summed E-state index contributed by atoms with van der Waals surface area (Å²) >= 11 is 3.50. The number of methoxy groups -OCH3 is 1. The molecule has 5 nitrogen and oxygen atoms in total. The highest BCUT2D eigenvalue weighted by molar-refractivity contribution is 9.10. The first-order valence-electron chi connectivity index (χ1n) is 9.54. The first kappa shape index (κ1) is 18.6. The molecule has 0 saturated heterocycles. The maximum Gasteiger partial charge on any atom is 0.337 e. The number of benzene rings is 3. The molecule has 30 heavy (non-hydrogen) atoms. The Morgan fingerprint density at radius 1 is 1.03 bits per heavy atom. The molecule has 1 N–H and O–H groups in total. The Kier molecular flexibility index (Phi) is 4.64. The van der Waals surface area contributed by atoms with E-state index in [0.717, 1.165) is 38.3 Å². The number of para-hydroxylation sites is 2. The van der Waals surface area contributed by atoms with E-state index in [0.29, 0.717) is 5.56 Å². The summed E-state index contributed by atoms with van der Waals surface area (Å²) in [5, 5.41) is 3.48. The Hall–Kier alpha value is -3.38. The molecule has 0 spiro atoms. The zero-order chi connectivity index (χ0) is 20.7. The first-order valence-corrected chi connectivity index (χ1v) is 10.3. The number of carbonyl (C=O) groups is 1. The summed E-state index contributed by atoms with van der Waals surface area (Å²) in [6, 6.07) is 23.7. The van der Waals surface area contributed by atoms with E-state index in [4.69, 9.17) is 9.72 Å². The molecule has 0 aliphatic carbocycles. The molecule has 2 heterocycles. The SMILES string of the molecule is COC(=O)c1ccc([C@@H]2C=C(c3ccc(Br)cc3)Nc3nc4ccccc4n32)cc1. The van der Waals surface area contributed by atoms with Crippen molar-refractivity contribution in [3.63, 3.8) is 0 Å². The maximum absolute atomic E-state index is 11.8. The zero-order valence-electron chi connectivity index (χ0n) is 16.2. The lowest BCUT2D eigenvalue weighted by Crippen LogP contribution is -2.19. The molecule has 0 fully saturated rings. The fraction of sp³-hybridized carbons (Fsp3) is 0.0833. The van der Waals surface area contributed by atoms with Gasteiger partial charge in [-0.3, -0.25) is 4.57 Å². The van der Waals surface area contributed by atoms with Crippen LogP contribution in [-0.4, -0.2) is 22.6 Å². The highest BCUT2D eigenvalue weighted by Gasteiger charge is 2.25. The summed E-state index contributed by atoms with van der Waals surface area (Å²) in [4.78, 5) is 16.6. The standard InChI is InChI=1S/C24H18BrN3O2/c1-30-23(29)17-8-6-16(7-9-17)22-14-20(15-10-12-18(25)13-11-15)27-24-26-19-4-2-3-5-21(19)28(22)24/h2-14,22H,1H3,(H,26,27)/t22-/m0/s1. The van der Waals surface area contributed by atoms with E-state index in [1.807, 2.05) is 42.5 Å². The number of nitrogens with one attached hydrogen (secondary N) is 1. The third kappa shape index (κ3) is 3.19. The van der Waals surface area contributed by atoms with E-state index in [2.05, 4.69) is 50.1 Å². The predicted molar refractivity (Wildman–Crippen MR) is 121 cm³/mol. The van der Waals surface area contributed by atoms with Gasteiger partial charge in [0.05, 0.1) is 29.7 Å². The van der Waals surface area contributed by atoms with Crippen LogP contribution in [0.3, 0.4) is 0 Å². The molecule has 1 aliphatic rings. The number of anilines is 1. The highest BCUT2D eigenvalue weighted by atomic mass is 79.9. The summed E-state index contributed by atoms with van der Waals surface area (Å²) in [5.74, 6) is 0.449. The van der Waals surface area contributed by atoms with E-state index in [9.17, 15) is 4.79 Å². The summed E-state index contributed by atoms with van der Waals surface area (Å²) in [7, 11) is 1.39. The van der Waals surface area contributed by atoms with Crippen molar-refractivity contribution < 1.29 is 9.53 Å². The first-order chi connectivity index (χ1) is 14.6. The smallest absolute Gasteiger partial charge is 0.337 e. The molecule has 3 aromatic carbocycles. The molecule has 0 unspecified atom stereocenters. The number of hydrogen-bond donors (Lipinski definition) is 1. The number of esters is 1. The molecular weight excluding hydrogens is 442 g/mol. The van der Waals surface area contributed by atoms with Crippen LogP contribution in [0.4, 0.5) is 5.95 Å². The van der Waals surface area contributed by atoms with Crippen LogP contribution in [0.25, 0.3) is 16.7 Å². The Labute approximate surface area is 182 Å². The lowest BCUT2D eigenvalue weighted by Gasteiger charge is -2.26. The molecule has 0 saturated carbocycles. The van der Waals surface area contributed by atoms with Crippen molar-refractivity contribution in [2.75, 3.05) is 12.4 Å². The van der Waals surface area contributed by atoms with Crippen molar-refractivity contribution in [2.24, 2.45) is 0 Å². The third-order valence-corrected chi connectivity index (χ3v) is 5.80. The van der Waals surface area contributed by atoms with Crippen molar-refractivity contribution in [1.82, 2.24) is 9.55 Å². The molecular formula is C24H18BrN3O2. The largest absolute Gasteiger partial charge is 0.465 e. The Bertz CT molecular complexity index is 1270. The van der Waals surface area contributed by atoms with E-state index in [1.165, 1.54) is 7.11 Å². The lowest BCUT2D eigenvalue weighted by molar-refractivity contribution is 0.0600. The van der Waals surface area contributed by atoms with Crippen molar-refractivity contribution >= 4 is 44.6 Å². The molecule has 1 aromatic heterocycles. The van der Waals surface area contributed by atoms with Crippen molar-refractivity contribution in [2.45, 2.75) is 6.04 Å². The Morgan fingerprint density at radius 2 is 1.77 bits per heavy atom. The van der Waals surface area contributed by atoms with Gasteiger partial charge in [0.25, 0.3) is 0 Å². The summed E-state index contributed by atoms with van der Waals surface area (Å²) in [6.07, 6.45) is 2.19. The van der Waals surface area contributed by atoms with Crippen molar-refractivity contribution in [3.05, 3.63) is 100 Å². The van der Waals surface area contributed by atoms with E-state index < -0.39 is 0 Å². The fourth-order valence-corrected chi connectivity index (χ4v) is 4.05. The van der Waals surface area contributed by atoms with Crippen LogP contribution in [0.5, 0.6) is 0 Å². The van der Waals surface area contributed by atoms with Crippen molar-refractivity contribution in [3.8, 4) is 0 Å². The minimum atomic E-state index is -0.341. The number of fused-ring (bicyclic) bond motifs is 3. The second-order valence-corrected chi connectivity index (χ2v) is 7.98. The molecule has 1 atom stereocenters. The van der Waals surface area contributed by atoms with Gasteiger partial charge in [0, 0.05) is 10.2 Å². The molecule has 0 bridgehead atoms. The van der Waals surface area contributed by atoms with Gasteiger partial charge < -0.3 is 10.1 Å². The lowest BCUT2D eigenvalue weighted by atomic mass is 10.00. The number of allylic oxidation sites excluding steroid dienone is 1.